The van der Waals surface area contributed by atoms with E-state index in [1.54, 1.807) is 0 Å². The van der Waals surface area contributed by atoms with Crippen molar-refractivity contribution in [3.05, 3.63) is 43.5 Å². The third-order valence-corrected chi connectivity index (χ3v) is 3.49. The number of benzene rings is 1. The molecule has 0 unspecified atom stereocenters. The Kier molecular flexibility index (Phi) is 5.29. The Morgan fingerprint density at radius 1 is 1.24 bits per heavy atom. The van der Waals surface area contributed by atoms with Crippen LogP contribution in [0.3, 0.4) is 0 Å². The summed E-state index contributed by atoms with van der Waals surface area (Å²) in [5.74, 6) is 0. The largest absolute Gasteiger partial charge is 0.389 e. The molecule has 0 atom stereocenters. The van der Waals surface area contributed by atoms with Crippen LogP contribution in [0.2, 0.25) is 0 Å². The van der Waals surface area contributed by atoms with Crippen LogP contribution in [0.4, 0.5) is 0 Å². The number of aliphatic hydroxyl groups excluding tert-OH is 2. The lowest BCUT2D eigenvalue weighted by Crippen LogP contribution is -2.46. The van der Waals surface area contributed by atoms with Crippen molar-refractivity contribution in [3.8, 4) is 0 Å². The van der Waals surface area contributed by atoms with Gasteiger partial charge in [-0.3, -0.25) is 10.1 Å². The van der Waals surface area contributed by atoms with Crippen molar-refractivity contribution in [3.63, 3.8) is 0 Å². The van der Waals surface area contributed by atoms with Crippen molar-refractivity contribution in [2.45, 2.75) is 18.4 Å². The van der Waals surface area contributed by atoms with E-state index in [4.69, 9.17) is 10.2 Å². The number of halogens is 1. The van der Waals surface area contributed by atoms with E-state index in [0.29, 0.717) is 6.42 Å². The Hall–Kier alpha value is -0.730. The minimum Gasteiger partial charge on any atom is -0.389 e. The maximum absolute atomic E-state index is 10.8. The first kappa shape index (κ1) is 14.3. The van der Waals surface area contributed by atoms with Gasteiger partial charge in [0.25, 0.3) is 5.54 Å². The van der Waals surface area contributed by atoms with Gasteiger partial charge in [0, 0.05) is 14.9 Å². The van der Waals surface area contributed by atoms with E-state index >= 15 is 0 Å². The number of aliphatic hydroxyl groups is 2. The fourth-order valence-electron chi connectivity index (χ4n) is 1.44. The number of hydrogen-bond acceptors (Lipinski definition) is 4. The normalized spacial score (nSPS) is 11.5. The zero-order valence-corrected chi connectivity index (χ0v) is 11.3. The highest BCUT2D eigenvalue weighted by molar-refractivity contribution is 14.1. The lowest BCUT2D eigenvalue weighted by atomic mass is 9.93. The smallest absolute Gasteiger partial charge is 0.267 e. The molecular weight excluding hydrogens is 337 g/mol. The van der Waals surface area contributed by atoms with Gasteiger partial charge >= 0.3 is 0 Å². The van der Waals surface area contributed by atoms with Crippen molar-refractivity contribution in [1.82, 2.24) is 0 Å². The van der Waals surface area contributed by atoms with Crippen molar-refractivity contribution in [2.24, 2.45) is 0 Å². The van der Waals surface area contributed by atoms with E-state index in [1.165, 1.54) is 0 Å². The topological polar surface area (TPSA) is 83.6 Å². The van der Waals surface area contributed by atoms with Crippen molar-refractivity contribution in [1.29, 1.82) is 0 Å². The summed E-state index contributed by atoms with van der Waals surface area (Å²) < 4.78 is 1.09. The Morgan fingerprint density at radius 2 is 1.76 bits per heavy atom. The van der Waals surface area contributed by atoms with Crippen molar-refractivity contribution < 1.29 is 15.1 Å². The monoisotopic (exact) mass is 351 g/mol. The van der Waals surface area contributed by atoms with E-state index in [0.717, 1.165) is 9.13 Å². The summed E-state index contributed by atoms with van der Waals surface area (Å²) in [5.41, 5.74) is -0.679. The fourth-order valence-corrected chi connectivity index (χ4v) is 1.80. The van der Waals surface area contributed by atoms with Gasteiger partial charge in [-0.15, -0.1) is 0 Å². The van der Waals surface area contributed by atoms with Crippen LogP contribution >= 0.6 is 22.6 Å². The third-order valence-electron chi connectivity index (χ3n) is 2.77. The SMILES string of the molecule is O=[N+]([O-])C(CO)(CO)CCc1ccc(I)cc1. The van der Waals surface area contributed by atoms with Crippen LogP contribution in [-0.4, -0.2) is 33.9 Å². The number of aryl methyl sites for hydroxylation is 1. The number of hydrogen-bond donors (Lipinski definition) is 2. The van der Waals surface area contributed by atoms with Crippen molar-refractivity contribution >= 4 is 22.6 Å². The first-order valence-electron chi connectivity index (χ1n) is 5.15. The Labute approximate surface area is 113 Å². The highest BCUT2D eigenvalue weighted by atomic mass is 127. The standard InChI is InChI=1S/C11H14INO4/c12-10-3-1-9(2-4-10)5-6-11(7-14,8-15)13(16)17/h1-4,14-15H,5-8H2. The molecule has 0 spiro atoms. The van der Waals surface area contributed by atoms with E-state index in [1.807, 2.05) is 24.3 Å². The summed E-state index contributed by atoms with van der Waals surface area (Å²) in [6, 6.07) is 7.62. The molecular formula is C11H14INO4. The number of nitrogens with zero attached hydrogens (tertiary/aromatic N) is 1. The molecule has 0 saturated carbocycles. The van der Waals surface area contributed by atoms with Crippen LogP contribution < -0.4 is 0 Å². The van der Waals surface area contributed by atoms with Crippen LogP contribution in [0.15, 0.2) is 24.3 Å². The molecule has 0 fully saturated rings. The van der Waals surface area contributed by atoms with Crippen molar-refractivity contribution in [2.75, 3.05) is 13.2 Å². The van der Waals surface area contributed by atoms with Crippen LogP contribution in [0.5, 0.6) is 0 Å². The molecule has 17 heavy (non-hydrogen) atoms. The molecule has 94 valence electrons. The quantitative estimate of drug-likeness (QED) is 0.459. The zero-order valence-electron chi connectivity index (χ0n) is 9.17. The molecule has 0 bridgehead atoms. The average Bonchev–Trinajstić information content (AvgIpc) is 2.33. The number of rotatable bonds is 6. The summed E-state index contributed by atoms with van der Waals surface area (Å²) >= 11 is 2.18. The Bertz CT molecular complexity index is 376. The number of nitro groups is 1. The molecule has 2 N–H and O–H groups in total. The van der Waals surface area contributed by atoms with Crippen LogP contribution in [0.1, 0.15) is 12.0 Å². The summed E-state index contributed by atoms with van der Waals surface area (Å²) in [5, 5.41) is 29.0. The fraction of sp³-hybridized carbons (Fsp3) is 0.455. The van der Waals surface area contributed by atoms with Gasteiger partial charge in [0.05, 0.1) is 0 Å². The lowest BCUT2D eigenvalue weighted by molar-refractivity contribution is -0.578. The molecule has 0 aromatic heterocycles. The Balaban J connectivity index is 2.70. The van der Waals surface area contributed by atoms with Gasteiger partial charge in [-0.25, -0.2) is 0 Å². The predicted molar refractivity (Wildman–Crippen MR) is 71.4 cm³/mol. The summed E-state index contributed by atoms with van der Waals surface area (Å²) in [6.45, 7) is -1.30. The van der Waals surface area contributed by atoms with Gasteiger partial charge in [0.2, 0.25) is 0 Å². The second kappa shape index (κ2) is 6.27. The zero-order chi connectivity index (χ0) is 12.9. The predicted octanol–water partition coefficient (Wildman–Crippen LogP) is 1.22. The molecule has 6 heteroatoms. The van der Waals surface area contributed by atoms with Gasteiger partial charge in [-0.05, 0) is 46.7 Å². The second-order valence-electron chi connectivity index (χ2n) is 3.92. The lowest BCUT2D eigenvalue weighted by Gasteiger charge is -2.20. The van der Waals surface area contributed by atoms with Gasteiger partial charge in [0.1, 0.15) is 13.2 Å². The maximum atomic E-state index is 10.8. The molecule has 1 aromatic carbocycles. The summed E-state index contributed by atoms with van der Waals surface area (Å²) in [6.07, 6.45) is 0.576. The van der Waals surface area contributed by atoms with Crippen LogP contribution in [0.25, 0.3) is 0 Å². The molecule has 0 aliphatic carbocycles. The molecule has 1 rings (SSSR count). The molecule has 0 aliphatic heterocycles. The van der Waals surface area contributed by atoms with Gasteiger partial charge < -0.3 is 10.2 Å². The maximum Gasteiger partial charge on any atom is 0.267 e. The first-order valence-corrected chi connectivity index (χ1v) is 6.22. The molecule has 1 aromatic rings. The van der Waals surface area contributed by atoms with E-state index < -0.39 is 23.7 Å². The molecule has 0 heterocycles. The van der Waals surface area contributed by atoms with Gasteiger partial charge in [0.15, 0.2) is 0 Å². The highest BCUT2D eigenvalue weighted by Crippen LogP contribution is 2.18. The van der Waals surface area contributed by atoms with Gasteiger partial charge in [-0.2, -0.15) is 0 Å². The van der Waals surface area contributed by atoms with Crippen LogP contribution in [0, 0.1) is 13.7 Å². The summed E-state index contributed by atoms with van der Waals surface area (Å²) in [7, 11) is 0. The third kappa shape index (κ3) is 3.62. The molecule has 0 saturated heterocycles. The van der Waals surface area contributed by atoms with Crippen LogP contribution in [-0.2, 0) is 6.42 Å². The average molecular weight is 351 g/mol. The highest BCUT2D eigenvalue weighted by Gasteiger charge is 2.41. The minimum absolute atomic E-state index is 0.119. The Morgan fingerprint density at radius 3 is 2.18 bits per heavy atom. The molecule has 0 radical (unpaired) electrons. The van der Waals surface area contributed by atoms with E-state index in [9.17, 15) is 10.1 Å². The first-order chi connectivity index (χ1) is 8.04. The molecule has 5 nitrogen and oxygen atoms in total. The van der Waals surface area contributed by atoms with E-state index in [2.05, 4.69) is 22.6 Å². The second-order valence-corrected chi connectivity index (χ2v) is 5.17. The molecule has 0 aliphatic rings. The summed E-state index contributed by atoms with van der Waals surface area (Å²) in [4.78, 5) is 10.2. The van der Waals surface area contributed by atoms with E-state index in [-0.39, 0.29) is 6.42 Å². The molecule has 0 amide bonds. The van der Waals surface area contributed by atoms with Gasteiger partial charge in [-0.1, -0.05) is 12.1 Å². The minimum atomic E-state index is -1.64.